The number of carboxylic acid groups (broad SMARTS) is 1. The first-order valence-electron chi connectivity index (χ1n) is 6.68. The van der Waals surface area contributed by atoms with Gasteiger partial charge < -0.3 is 10.0 Å². The molecule has 1 saturated heterocycles. The number of halogens is 6. The summed E-state index contributed by atoms with van der Waals surface area (Å²) in [5, 5.41) is 8.88. The molecular weight excluding hydrogens is 344 g/mol. The lowest BCUT2D eigenvalue weighted by atomic mass is 9.96. The zero-order chi connectivity index (χ0) is 18.3. The van der Waals surface area contributed by atoms with Crippen molar-refractivity contribution < 1.29 is 41.0 Å². The van der Waals surface area contributed by atoms with Gasteiger partial charge in [0.05, 0.1) is 23.0 Å². The summed E-state index contributed by atoms with van der Waals surface area (Å²) in [6.07, 6.45) is -9.73. The maximum atomic E-state index is 12.9. The van der Waals surface area contributed by atoms with Crippen LogP contribution in [0.1, 0.15) is 15.9 Å². The molecule has 0 spiro atoms. The van der Waals surface area contributed by atoms with Crippen molar-refractivity contribution in [1.82, 2.24) is 4.90 Å². The van der Waals surface area contributed by atoms with Gasteiger partial charge in [0.1, 0.15) is 0 Å². The van der Waals surface area contributed by atoms with Crippen LogP contribution >= 0.6 is 0 Å². The number of amides is 1. The van der Waals surface area contributed by atoms with Crippen LogP contribution in [0.5, 0.6) is 0 Å². The fourth-order valence-electron chi connectivity index (χ4n) is 2.64. The molecule has 1 aromatic carbocycles. The Morgan fingerprint density at radius 2 is 1.62 bits per heavy atom. The summed E-state index contributed by atoms with van der Waals surface area (Å²) in [6.45, 7) is -1.80. The first-order valence-corrected chi connectivity index (χ1v) is 6.68. The van der Waals surface area contributed by atoms with Crippen molar-refractivity contribution >= 4 is 11.9 Å². The van der Waals surface area contributed by atoms with Crippen molar-refractivity contribution in [3.05, 3.63) is 35.4 Å². The van der Waals surface area contributed by atoms with Gasteiger partial charge in [0.2, 0.25) is 0 Å². The van der Waals surface area contributed by atoms with Crippen LogP contribution in [0.15, 0.2) is 24.3 Å². The van der Waals surface area contributed by atoms with Gasteiger partial charge in [0.15, 0.2) is 0 Å². The van der Waals surface area contributed by atoms with Gasteiger partial charge in [-0.3, -0.25) is 9.59 Å². The molecule has 2 atom stereocenters. The molecule has 2 rings (SSSR count). The lowest BCUT2D eigenvalue weighted by Gasteiger charge is -2.20. The number of rotatable bonds is 2. The highest BCUT2D eigenvalue weighted by atomic mass is 19.4. The average molecular weight is 355 g/mol. The van der Waals surface area contributed by atoms with E-state index < -0.39 is 60.3 Å². The number of likely N-dealkylation sites (tertiary alicyclic amines) is 1. The Labute approximate surface area is 131 Å². The van der Waals surface area contributed by atoms with Crippen molar-refractivity contribution in [3.8, 4) is 0 Å². The molecule has 1 fully saturated rings. The van der Waals surface area contributed by atoms with E-state index in [4.69, 9.17) is 5.11 Å². The van der Waals surface area contributed by atoms with Crippen molar-refractivity contribution in [3.63, 3.8) is 0 Å². The largest absolute Gasteiger partial charge is 0.481 e. The highest BCUT2D eigenvalue weighted by Gasteiger charge is 2.54. The van der Waals surface area contributed by atoms with Crippen LogP contribution in [-0.2, 0) is 11.0 Å². The van der Waals surface area contributed by atoms with E-state index in [-0.39, 0.29) is 0 Å². The molecule has 1 aliphatic rings. The second-order valence-electron chi connectivity index (χ2n) is 5.35. The number of nitrogens with zero attached hydrogens (tertiary/aromatic N) is 1. The molecule has 0 bridgehead atoms. The monoisotopic (exact) mass is 355 g/mol. The van der Waals surface area contributed by atoms with E-state index in [1.165, 1.54) is 0 Å². The summed E-state index contributed by atoms with van der Waals surface area (Å²) in [7, 11) is 0. The van der Waals surface area contributed by atoms with Crippen LogP contribution in [0.3, 0.4) is 0 Å². The number of carbonyl (C=O) groups excluding carboxylic acids is 1. The lowest BCUT2D eigenvalue weighted by Crippen LogP contribution is -2.34. The maximum Gasteiger partial charge on any atom is 0.417 e. The van der Waals surface area contributed by atoms with Crippen LogP contribution in [0.2, 0.25) is 0 Å². The number of carbonyl (C=O) groups is 2. The molecule has 24 heavy (non-hydrogen) atoms. The third kappa shape index (κ3) is 3.46. The molecule has 1 N–H and O–H groups in total. The summed E-state index contributed by atoms with van der Waals surface area (Å²) in [4.78, 5) is 23.7. The van der Waals surface area contributed by atoms with E-state index >= 15 is 0 Å². The van der Waals surface area contributed by atoms with Gasteiger partial charge in [-0.05, 0) is 12.1 Å². The van der Waals surface area contributed by atoms with Crippen LogP contribution < -0.4 is 0 Å². The number of alkyl halides is 6. The normalized spacial score (nSPS) is 21.8. The minimum absolute atomic E-state index is 0.502. The van der Waals surface area contributed by atoms with E-state index in [2.05, 4.69) is 0 Å². The Hall–Kier alpha value is -2.26. The number of hydrogen-bond donors (Lipinski definition) is 1. The van der Waals surface area contributed by atoms with Crippen molar-refractivity contribution in [2.75, 3.05) is 13.1 Å². The smallest absolute Gasteiger partial charge is 0.417 e. The van der Waals surface area contributed by atoms with Gasteiger partial charge >= 0.3 is 18.3 Å². The predicted octanol–water partition coefficient (Wildman–Crippen LogP) is 3.04. The zero-order valence-electron chi connectivity index (χ0n) is 11.9. The number of carboxylic acids is 1. The van der Waals surface area contributed by atoms with E-state index in [0.717, 1.165) is 18.2 Å². The maximum absolute atomic E-state index is 12.9. The molecule has 0 unspecified atom stereocenters. The minimum atomic E-state index is -4.87. The Morgan fingerprint density at radius 3 is 2.08 bits per heavy atom. The van der Waals surface area contributed by atoms with E-state index in [1.54, 1.807) is 0 Å². The van der Waals surface area contributed by atoms with E-state index in [9.17, 15) is 35.9 Å². The Bertz CT molecular complexity index is 655. The molecule has 1 aliphatic heterocycles. The summed E-state index contributed by atoms with van der Waals surface area (Å²) in [5.41, 5.74) is -2.09. The molecule has 1 aromatic rings. The Kier molecular flexibility index (Phi) is 4.51. The molecular formula is C14H11F6NO3. The van der Waals surface area contributed by atoms with E-state index in [1.807, 2.05) is 0 Å². The standard InChI is InChI=1S/C14H11F6NO3/c15-13(16,17)9-4-2-1-3-7(9)11(22)21-5-8(12(23)24)10(6-21)14(18,19)20/h1-4,8,10H,5-6H2,(H,23,24)/t8-,10-/m1/s1. The quantitative estimate of drug-likeness (QED) is 0.830. The zero-order valence-corrected chi connectivity index (χ0v) is 11.9. The number of benzene rings is 1. The summed E-state index contributed by atoms with van der Waals surface area (Å²) < 4.78 is 77.5. The first kappa shape index (κ1) is 18.1. The molecule has 0 radical (unpaired) electrons. The van der Waals surface area contributed by atoms with Crippen LogP contribution in [0, 0.1) is 11.8 Å². The topological polar surface area (TPSA) is 57.6 Å². The molecule has 10 heteroatoms. The number of hydrogen-bond acceptors (Lipinski definition) is 2. The fourth-order valence-corrected chi connectivity index (χ4v) is 2.64. The lowest BCUT2D eigenvalue weighted by molar-refractivity contribution is -0.187. The van der Waals surface area contributed by atoms with Gasteiger partial charge in [-0.1, -0.05) is 12.1 Å². The van der Waals surface area contributed by atoms with Gasteiger partial charge in [-0.2, -0.15) is 26.3 Å². The van der Waals surface area contributed by atoms with Crippen molar-refractivity contribution in [1.29, 1.82) is 0 Å². The van der Waals surface area contributed by atoms with Gasteiger partial charge in [0.25, 0.3) is 5.91 Å². The fraction of sp³-hybridized carbons (Fsp3) is 0.429. The Balaban J connectivity index is 2.34. The highest BCUT2D eigenvalue weighted by Crippen LogP contribution is 2.39. The summed E-state index contributed by atoms with van der Waals surface area (Å²) in [5.74, 6) is -7.26. The molecule has 0 aliphatic carbocycles. The van der Waals surface area contributed by atoms with Gasteiger partial charge in [0, 0.05) is 13.1 Å². The Morgan fingerprint density at radius 1 is 1.04 bits per heavy atom. The van der Waals surface area contributed by atoms with Crippen LogP contribution in [0.25, 0.3) is 0 Å². The molecule has 1 amide bonds. The predicted molar refractivity (Wildman–Crippen MR) is 68.0 cm³/mol. The third-order valence-corrected chi connectivity index (χ3v) is 3.81. The average Bonchev–Trinajstić information content (AvgIpc) is 2.91. The van der Waals surface area contributed by atoms with Gasteiger partial charge in [-0.15, -0.1) is 0 Å². The van der Waals surface area contributed by atoms with Crippen LogP contribution in [0.4, 0.5) is 26.3 Å². The SMILES string of the molecule is O=C(O)[C@@H]1CN(C(=O)c2ccccc2C(F)(F)F)C[C@H]1C(F)(F)F. The second-order valence-corrected chi connectivity index (χ2v) is 5.35. The first-order chi connectivity index (χ1) is 10.9. The highest BCUT2D eigenvalue weighted by molar-refractivity contribution is 5.96. The summed E-state index contributed by atoms with van der Waals surface area (Å²) >= 11 is 0. The second kappa shape index (κ2) is 5.99. The van der Waals surface area contributed by atoms with Gasteiger partial charge in [-0.25, -0.2) is 0 Å². The van der Waals surface area contributed by atoms with Crippen molar-refractivity contribution in [2.45, 2.75) is 12.4 Å². The molecule has 1 heterocycles. The summed E-state index contributed by atoms with van der Waals surface area (Å²) in [6, 6.07) is 3.68. The molecule has 0 aromatic heterocycles. The third-order valence-electron chi connectivity index (χ3n) is 3.81. The molecule has 4 nitrogen and oxygen atoms in total. The molecule has 132 valence electrons. The van der Waals surface area contributed by atoms with Crippen molar-refractivity contribution in [2.24, 2.45) is 11.8 Å². The van der Waals surface area contributed by atoms with Crippen LogP contribution in [-0.4, -0.2) is 41.1 Å². The molecule has 0 saturated carbocycles. The van der Waals surface area contributed by atoms with E-state index in [0.29, 0.717) is 11.0 Å². The number of aliphatic carboxylic acids is 1. The minimum Gasteiger partial charge on any atom is -0.481 e.